The van der Waals surface area contributed by atoms with Crippen molar-refractivity contribution in [3.05, 3.63) is 0 Å². The Morgan fingerprint density at radius 1 is 0.818 bits per heavy atom. The zero-order valence-electron chi connectivity index (χ0n) is 15.6. The maximum Gasteiger partial charge on any atom is 0.461 e. The first kappa shape index (κ1) is 18.3. The minimum atomic E-state index is -0.163. The van der Waals surface area contributed by atoms with E-state index >= 15 is 0 Å². The Balaban J connectivity index is 1.52. The molecule has 0 spiro atoms. The van der Waals surface area contributed by atoms with E-state index in [0.29, 0.717) is 5.82 Å². The summed E-state index contributed by atoms with van der Waals surface area (Å²) in [5.41, 5.74) is -0.327. The van der Waals surface area contributed by atoms with Crippen LogP contribution < -0.4 is 0 Å². The molecular weight excluding hydrogens is 271 g/mol. The standard InChI is InChI=1S/C19H37BO2/c1-6-7-8-9-10-11-12-13-14-16-15-17(16)20-21-18(2,3)19(4,5)22-20/h16-17H,6-15H2,1-5H3/t16-,17-/m0/s1. The first-order valence-corrected chi connectivity index (χ1v) is 9.73. The van der Waals surface area contributed by atoms with Crippen molar-refractivity contribution in [2.45, 2.75) is 116 Å². The molecule has 0 N–H and O–H groups in total. The minimum Gasteiger partial charge on any atom is -0.403 e. The topological polar surface area (TPSA) is 18.5 Å². The van der Waals surface area contributed by atoms with E-state index in [1.807, 2.05) is 0 Å². The lowest BCUT2D eigenvalue weighted by Crippen LogP contribution is -2.41. The van der Waals surface area contributed by atoms with Gasteiger partial charge in [0, 0.05) is 0 Å². The average Bonchev–Trinajstić information content (AvgIpc) is 3.15. The number of rotatable bonds is 10. The lowest BCUT2D eigenvalue weighted by Gasteiger charge is -2.32. The lowest BCUT2D eigenvalue weighted by molar-refractivity contribution is 0.00578. The van der Waals surface area contributed by atoms with Crippen LogP contribution in [-0.4, -0.2) is 18.3 Å². The highest BCUT2D eigenvalue weighted by Crippen LogP contribution is 2.55. The molecule has 0 aromatic carbocycles. The maximum atomic E-state index is 6.18. The van der Waals surface area contributed by atoms with Crippen molar-refractivity contribution in [1.82, 2.24) is 0 Å². The van der Waals surface area contributed by atoms with Crippen LogP contribution in [0.3, 0.4) is 0 Å². The Labute approximate surface area is 138 Å². The van der Waals surface area contributed by atoms with Gasteiger partial charge in [0.1, 0.15) is 0 Å². The van der Waals surface area contributed by atoms with Crippen LogP contribution in [0.5, 0.6) is 0 Å². The van der Waals surface area contributed by atoms with E-state index in [9.17, 15) is 0 Å². The summed E-state index contributed by atoms with van der Waals surface area (Å²) in [6, 6.07) is 0. The Bertz CT molecular complexity index is 324. The molecule has 0 amide bonds. The van der Waals surface area contributed by atoms with Crippen molar-refractivity contribution in [1.29, 1.82) is 0 Å². The molecule has 2 fully saturated rings. The van der Waals surface area contributed by atoms with Gasteiger partial charge in [-0.3, -0.25) is 0 Å². The van der Waals surface area contributed by atoms with Gasteiger partial charge in [0.25, 0.3) is 0 Å². The van der Waals surface area contributed by atoms with Crippen LogP contribution in [-0.2, 0) is 9.31 Å². The summed E-state index contributed by atoms with van der Waals surface area (Å²) >= 11 is 0. The van der Waals surface area contributed by atoms with Crippen molar-refractivity contribution in [2.75, 3.05) is 0 Å². The largest absolute Gasteiger partial charge is 0.461 e. The molecule has 0 aromatic heterocycles. The molecule has 1 aliphatic heterocycles. The third kappa shape index (κ3) is 4.74. The van der Waals surface area contributed by atoms with Gasteiger partial charge in [0.2, 0.25) is 0 Å². The van der Waals surface area contributed by atoms with Gasteiger partial charge in [-0.1, -0.05) is 64.7 Å². The van der Waals surface area contributed by atoms with Crippen LogP contribution >= 0.6 is 0 Å². The zero-order valence-corrected chi connectivity index (χ0v) is 15.6. The summed E-state index contributed by atoms with van der Waals surface area (Å²) in [5.74, 6) is 1.51. The van der Waals surface area contributed by atoms with Gasteiger partial charge in [-0.2, -0.15) is 0 Å². The highest BCUT2D eigenvalue weighted by atomic mass is 16.7. The van der Waals surface area contributed by atoms with Crippen LogP contribution in [0.2, 0.25) is 5.82 Å². The van der Waals surface area contributed by atoms with E-state index in [2.05, 4.69) is 34.6 Å². The molecule has 0 aromatic rings. The zero-order chi connectivity index (χ0) is 16.2. The van der Waals surface area contributed by atoms with Gasteiger partial charge in [-0.05, 0) is 45.9 Å². The summed E-state index contributed by atoms with van der Waals surface area (Å²) in [6.45, 7) is 10.9. The van der Waals surface area contributed by atoms with Gasteiger partial charge in [-0.15, -0.1) is 0 Å². The highest BCUT2D eigenvalue weighted by molar-refractivity contribution is 6.48. The monoisotopic (exact) mass is 308 g/mol. The molecule has 2 aliphatic rings. The van der Waals surface area contributed by atoms with Gasteiger partial charge >= 0.3 is 7.12 Å². The summed E-state index contributed by atoms with van der Waals surface area (Å²) in [7, 11) is 0.0454. The third-order valence-corrected chi connectivity index (χ3v) is 6.03. The molecule has 1 saturated heterocycles. The predicted octanol–water partition coefficient (Wildman–Crippen LogP) is 6.00. The van der Waals surface area contributed by atoms with Gasteiger partial charge in [-0.25, -0.2) is 0 Å². The second kappa shape index (κ2) is 7.70. The fourth-order valence-corrected chi connectivity index (χ4v) is 3.54. The quantitative estimate of drug-likeness (QED) is 0.364. The summed E-state index contributed by atoms with van der Waals surface area (Å²) in [6.07, 6.45) is 14.0. The normalized spacial score (nSPS) is 29.0. The van der Waals surface area contributed by atoms with Crippen LogP contribution in [0.15, 0.2) is 0 Å². The Kier molecular flexibility index (Phi) is 6.42. The molecule has 1 aliphatic carbocycles. The lowest BCUT2D eigenvalue weighted by atomic mass is 9.80. The average molecular weight is 308 g/mol. The first-order chi connectivity index (χ1) is 10.4. The van der Waals surface area contributed by atoms with Gasteiger partial charge in [0.05, 0.1) is 11.2 Å². The predicted molar refractivity (Wildman–Crippen MR) is 95.2 cm³/mol. The van der Waals surface area contributed by atoms with E-state index in [-0.39, 0.29) is 18.3 Å². The number of unbranched alkanes of at least 4 members (excludes halogenated alkanes) is 7. The van der Waals surface area contributed by atoms with E-state index < -0.39 is 0 Å². The molecule has 1 saturated carbocycles. The molecule has 3 heteroatoms. The highest BCUT2D eigenvalue weighted by Gasteiger charge is 2.59. The van der Waals surface area contributed by atoms with E-state index in [0.717, 1.165) is 5.92 Å². The fourth-order valence-electron chi connectivity index (χ4n) is 3.54. The van der Waals surface area contributed by atoms with Crippen LogP contribution in [0.4, 0.5) is 0 Å². The first-order valence-electron chi connectivity index (χ1n) is 9.73. The fraction of sp³-hybridized carbons (Fsp3) is 1.00. The maximum absolute atomic E-state index is 6.18. The number of hydrogen-bond donors (Lipinski definition) is 0. The van der Waals surface area contributed by atoms with Crippen molar-refractivity contribution in [3.8, 4) is 0 Å². The Morgan fingerprint density at radius 2 is 1.32 bits per heavy atom. The van der Waals surface area contributed by atoms with Crippen molar-refractivity contribution >= 4 is 7.12 Å². The van der Waals surface area contributed by atoms with Crippen LogP contribution in [0.25, 0.3) is 0 Å². The van der Waals surface area contributed by atoms with Crippen LogP contribution in [0.1, 0.15) is 98.8 Å². The van der Waals surface area contributed by atoms with Gasteiger partial charge in [0.15, 0.2) is 0 Å². The van der Waals surface area contributed by atoms with Crippen molar-refractivity contribution < 1.29 is 9.31 Å². The summed E-state index contributed by atoms with van der Waals surface area (Å²) < 4.78 is 12.4. The molecule has 128 valence electrons. The van der Waals surface area contributed by atoms with Gasteiger partial charge < -0.3 is 9.31 Å². The van der Waals surface area contributed by atoms with Crippen LogP contribution in [0, 0.1) is 5.92 Å². The third-order valence-electron chi connectivity index (χ3n) is 6.03. The smallest absolute Gasteiger partial charge is 0.403 e. The molecule has 1 heterocycles. The Hall–Kier alpha value is -0.0151. The molecular formula is C19H37BO2. The van der Waals surface area contributed by atoms with Crippen molar-refractivity contribution in [3.63, 3.8) is 0 Å². The second-order valence-corrected chi connectivity index (χ2v) is 8.55. The molecule has 0 bridgehead atoms. The molecule has 2 atom stereocenters. The number of hydrogen-bond acceptors (Lipinski definition) is 2. The minimum absolute atomic E-state index is 0.0454. The van der Waals surface area contributed by atoms with E-state index in [1.165, 1.54) is 64.2 Å². The molecule has 2 nitrogen and oxygen atoms in total. The SMILES string of the molecule is CCCCCCCCCC[C@H]1C[C@@H]1B1OC(C)(C)C(C)(C)O1. The molecule has 0 unspecified atom stereocenters. The molecule has 0 radical (unpaired) electrons. The Morgan fingerprint density at radius 3 is 1.86 bits per heavy atom. The van der Waals surface area contributed by atoms with E-state index in [1.54, 1.807) is 0 Å². The van der Waals surface area contributed by atoms with E-state index in [4.69, 9.17) is 9.31 Å². The molecule has 22 heavy (non-hydrogen) atoms. The van der Waals surface area contributed by atoms with Crippen molar-refractivity contribution in [2.24, 2.45) is 5.92 Å². The second-order valence-electron chi connectivity index (χ2n) is 8.55. The summed E-state index contributed by atoms with van der Waals surface area (Å²) in [5, 5.41) is 0. The molecule has 2 rings (SSSR count). The summed E-state index contributed by atoms with van der Waals surface area (Å²) in [4.78, 5) is 0.